The summed E-state index contributed by atoms with van der Waals surface area (Å²) < 4.78 is 6.56. The zero-order chi connectivity index (χ0) is 11.3. The molecule has 5 nitrogen and oxygen atoms in total. The van der Waals surface area contributed by atoms with Crippen LogP contribution >= 0.6 is 0 Å². The van der Waals surface area contributed by atoms with Gasteiger partial charge in [0.05, 0.1) is 25.5 Å². The standard InChI is InChI=1S/C10H16N2O3/c1-8-6-10(14)12(7-9(8)11)2-4-15-5-3-13/h6-7,13H,2-5,11H2,1H3. The highest BCUT2D eigenvalue weighted by atomic mass is 16.5. The molecule has 0 fully saturated rings. The molecule has 0 aliphatic heterocycles. The van der Waals surface area contributed by atoms with Crippen molar-refractivity contribution in [1.82, 2.24) is 4.57 Å². The molecule has 15 heavy (non-hydrogen) atoms. The molecule has 0 aromatic carbocycles. The lowest BCUT2D eigenvalue weighted by molar-refractivity contribution is 0.0865. The number of ether oxygens (including phenoxy) is 1. The van der Waals surface area contributed by atoms with Crippen molar-refractivity contribution in [2.45, 2.75) is 13.5 Å². The summed E-state index contributed by atoms with van der Waals surface area (Å²) in [5, 5.41) is 8.49. The summed E-state index contributed by atoms with van der Waals surface area (Å²) >= 11 is 0. The number of hydrogen-bond acceptors (Lipinski definition) is 4. The van der Waals surface area contributed by atoms with E-state index in [-0.39, 0.29) is 18.8 Å². The highest BCUT2D eigenvalue weighted by Crippen LogP contribution is 2.04. The number of nitrogens with zero attached hydrogens (tertiary/aromatic N) is 1. The van der Waals surface area contributed by atoms with Crippen LogP contribution in [-0.2, 0) is 11.3 Å². The number of aryl methyl sites for hydroxylation is 1. The molecule has 0 saturated carbocycles. The fourth-order valence-electron chi connectivity index (χ4n) is 1.19. The van der Waals surface area contributed by atoms with Crippen LogP contribution in [0.3, 0.4) is 0 Å². The van der Waals surface area contributed by atoms with Gasteiger partial charge in [-0.15, -0.1) is 0 Å². The Morgan fingerprint density at radius 2 is 2.27 bits per heavy atom. The molecule has 0 radical (unpaired) electrons. The number of hydrogen-bond donors (Lipinski definition) is 2. The fraction of sp³-hybridized carbons (Fsp3) is 0.500. The molecule has 3 N–H and O–H groups in total. The van der Waals surface area contributed by atoms with Gasteiger partial charge < -0.3 is 20.1 Å². The predicted octanol–water partition coefficient (Wildman–Crippen LogP) is -0.252. The topological polar surface area (TPSA) is 77.5 Å². The molecule has 0 spiro atoms. The molecule has 0 saturated heterocycles. The van der Waals surface area contributed by atoms with Gasteiger partial charge in [-0.3, -0.25) is 4.79 Å². The number of anilines is 1. The number of nitrogens with two attached hydrogens (primary N) is 1. The monoisotopic (exact) mass is 212 g/mol. The van der Waals surface area contributed by atoms with Crippen LogP contribution in [-0.4, -0.2) is 29.5 Å². The maximum Gasteiger partial charge on any atom is 0.250 e. The molecular weight excluding hydrogens is 196 g/mol. The molecule has 0 aliphatic rings. The molecular formula is C10H16N2O3. The summed E-state index contributed by atoms with van der Waals surface area (Å²) in [4.78, 5) is 11.5. The SMILES string of the molecule is Cc1cc(=O)n(CCOCCO)cc1N. The lowest BCUT2D eigenvalue weighted by Crippen LogP contribution is -2.22. The largest absolute Gasteiger partial charge is 0.397 e. The molecule has 0 bridgehead atoms. The first kappa shape index (κ1) is 11.7. The van der Waals surface area contributed by atoms with Gasteiger partial charge in [0, 0.05) is 18.8 Å². The Labute approximate surface area is 88.1 Å². The zero-order valence-electron chi connectivity index (χ0n) is 8.77. The third-order valence-corrected chi connectivity index (χ3v) is 2.09. The van der Waals surface area contributed by atoms with Crippen molar-refractivity contribution in [3.63, 3.8) is 0 Å². The second kappa shape index (κ2) is 5.53. The van der Waals surface area contributed by atoms with E-state index in [0.717, 1.165) is 5.56 Å². The highest BCUT2D eigenvalue weighted by Gasteiger charge is 2.00. The van der Waals surface area contributed by atoms with Gasteiger partial charge in [-0.05, 0) is 12.5 Å². The lowest BCUT2D eigenvalue weighted by atomic mass is 10.2. The quantitative estimate of drug-likeness (QED) is 0.660. The van der Waals surface area contributed by atoms with Crippen molar-refractivity contribution < 1.29 is 9.84 Å². The van der Waals surface area contributed by atoms with Crippen LogP contribution in [0.15, 0.2) is 17.1 Å². The number of pyridine rings is 1. The van der Waals surface area contributed by atoms with Crippen molar-refractivity contribution in [3.05, 3.63) is 28.2 Å². The van der Waals surface area contributed by atoms with Crippen LogP contribution in [0.5, 0.6) is 0 Å². The summed E-state index contributed by atoms with van der Waals surface area (Å²) in [5.74, 6) is 0. The van der Waals surface area contributed by atoms with Gasteiger partial charge in [0.15, 0.2) is 0 Å². The number of aliphatic hydroxyl groups is 1. The minimum absolute atomic E-state index is 0.00899. The summed E-state index contributed by atoms with van der Waals surface area (Å²) in [6, 6.07) is 1.50. The van der Waals surface area contributed by atoms with E-state index < -0.39 is 0 Å². The van der Waals surface area contributed by atoms with Gasteiger partial charge in [0.25, 0.3) is 5.56 Å². The van der Waals surface area contributed by atoms with Crippen molar-refractivity contribution in [2.24, 2.45) is 0 Å². The van der Waals surface area contributed by atoms with E-state index in [0.29, 0.717) is 18.8 Å². The average molecular weight is 212 g/mol. The van der Waals surface area contributed by atoms with E-state index in [9.17, 15) is 4.79 Å². The van der Waals surface area contributed by atoms with Gasteiger partial charge >= 0.3 is 0 Å². The molecule has 84 valence electrons. The summed E-state index contributed by atoms with van der Waals surface area (Å²) in [5.41, 5.74) is 6.97. The van der Waals surface area contributed by atoms with Crippen LogP contribution in [0.1, 0.15) is 5.56 Å². The maximum absolute atomic E-state index is 11.5. The van der Waals surface area contributed by atoms with Gasteiger partial charge in [0.2, 0.25) is 0 Å². The normalized spacial score (nSPS) is 10.5. The Hall–Kier alpha value is -1.33. The molecule has 0 aliphatic carbocycles. The fourth-order valence-corrected chi connectivity index (χ4v) is 1.19. The Morgan fingerprint density at radius 3 is 2.93 bits per heavy atom. The Kier molecular flexibility index (Phi) is 4.33. The molecule has 1 aromatic rings. The van der Waals surface area contributed by atoms with Crippen LogP contribution in [0.4, 0.5) is 5.69 Å². The second-order valence-electron chi connectivity index (χ2n) is 3.28. The summed E-state index contributed by atoms with van der Waals surface area (Å²) in [6.45, 7) is 2.91. The molecule has 0 atom stereocenters. The number of aromatic nitrogens is 1. The van der Waals surface area contributed by atoms with Gasteiger partial charge in [-0.25, -0.2) is 0 Å². The Bertz CT molecular complexity index is 373. The number of nitrogen functional groups attached to an aromatic ring is 1. The number of aliphatic hydroxyl groups excluding tert-OH is 1. The van der Waals surface area contributed by atoms with Crippen molar-refractivity contribution in [3.8, 4) is 0 Å². The molecule has 1 heterocycles. The van der Waals surface area contributed by atoms with Crippen molar-refractivity contribution in [2.75, 3.05) is 25.6 Å². The minimum Gasteiger partial charge on any atom is -0.397 e. The summed E-state index contributed by atoms with van der Waals surface area (Å²) in [7, 11) is 0. The second-order valence-corrected chi connectivity index (χ2v) is 3.28. The number of rotatable bonds is 5. The van der Waals surface area contributed by atoms with E-state index >= 15 is 0 Å². The first-order chi connectivity index (χ1) is 7.15. The van der Waals surface area contributed by atoms with Gasteiger partial charge in [-0.1, -0.05) is 0 Å². The van der Waals surface area contributed by atoms with Crippen LogP contribution in [0.2, 0.25) is 0 Å². The van der Waals surface area contributed by atoms with E-state index in [1.807, 2.05) is 0 Å². The average Bonchev–Trinajstić information content (AvgIpc) is 2.20. The van der Waals surface area contributed by atoms with Crippen molar-refractivity contribution >= 4 is 5.69 Å². The lowest BCUT2D eigenvalue weighted by Gasteiger charge is -2.08. The molecule has 1 aromatic heterocycles. The third-order valence-electron chi connectivity index (χ3n) is 2.09. The smallest absolute Gasteiger partial charge is 0.250 e. The third kappa shape index (κ3) is 3.38. The maximum atomic E-state index is 11.5. The highest BCUT2D eigenvalue weighted by molar-refractivity contribution is 5.42. The van der Waals surface area contributed by atoms with Gasteiger partial charge in [0.1, 0.15) is 0 Å². The van der Waals surface area contributed by atoms with Crippen LogP contribution in [0.25, 0.3) is 0 Å². The van der Waals surface area contributed by atoms with Crippen LogP contribution < -0.4 is 11.3 Å². The predicted molar refractivity (Wildman–Crippen MR) is 57.8 cm³/mol. The zero-order valence-corrected chi connectivity index (χ0v) is 8.77. The Morgan fingerprint density at radius 1 is 1.53 bits per heavy atom. The van der Waals surface area contributed by atoms with Gasteiger partial charge in [-0.2, -0.15) is 0 Å². The first-order valence-electron chi connectivity index (χ1n) is 4.80. The van der Waals surface area contributed by atoms with Crippen LogP contribution in [0, 0.1) is 6.92 Å². The van der Waals surface area contributed by atoms with Crippen molar-refractivity contribution in [1.29, 1.82) is 0 Å². The Balaban J connectivity index is 2.61. The van der Waals surface area contributed by atoms with E-state index in [1.165, 1.54) is 10.6 Å². The molecule has 5 heteroatoms. The minimum atomic E-state index is -0.0886. The first-order valence-corrected chi connectivity index (χ1v) is 4.80. The van der Waals surface area contributed by atoms with E-state index in [4.69, 9.17) is 15.6 Å². The summed E-state index contributed by atoms with van der Waals surface area (Å²) in [6.07, 6.45) is 1.61. The molecule has 1 rings (SSSR count). The molecule has 0 amide bonds. The molecule has 0 unspecified atom stereocenters. The van der Waals surface area contributed by atoms with E-state index in [2.05, 4.69) is 0 Å². The van der Waals surface area contributed by atoms with E-state index in [1.54, 1.807) is 13.1 Å².